The average molecular weight is 399 g/mol. The average Bonchev–Trinajstić information content (AvgIpc) is 2.74. The van der Waals surface area contributed by atoms with Gasteiger partial charge in [0.15, 0.2) is 11.5 Å². The van der Waals surface area contributed by atoms with Crippen LogP contribution in [0.15, 0.2) is 36.4 Å². The van der Waals surface area contributed by atoms with Crippen LogP contribution in [0.3, 0.4) is 0 Å². The fraction of sp³-hybridized carbons (Fsp3) is 0.435. The second-order valence-electron chi connectivity index (χ2n) is 6.76. The second kappa shape index (κ2) is 10.0. The van der Waals surface area contributed by atoms with Gasteiger partial charge in [-0.1, -0.05) is 18.2 Å². The molecule has 6 nitrogen and oxygen atoms in total. The quantitative estimate of drug-likeness (QED) is 0.696. The lowest BCUT2D eigenvalue weighted by Gasteiger charge is -2.24. The predicted octanol–water partition coefficient (Wildman–Crippen LogP) is 3.75. The third-order valence-corrected chi connectivity index (χ3v) is 4.69. The molecule has 0 bridgehead atoms. The Hall–Kier alpha value is -2.89. The van der Waals surface area contributed by atoms with Crippen LogP contribution in [0.5, 0.6) is 23.0 Å². The number of carbonyl (C=O) groups excluding carboxylic acids is 1. The molecule has 156 valence electrons. The van der Waals surface area contributed by atoms with E-state index in [4.69, 9.17) is 18.9 Å². The molecule has 0 saturated heterocycles. The maximum atomic E-state index is 12.7. The second-order valence-corrected chi connectivity index (χ2v) is 6.76. The minimum atomic E-state index is -0.203. The van der Waals surface area contributed by atoms with E-state index in [-0.39, 0.29) is 11.8 Å². The molecule has 0 spiro atoms. The summed E-state index contributed by atoms with van der Waals surface area (Å²) in [7, 11) is 0. The Kier molecular flexibility index (Phi) is 7.22. The largest absolute Gasteiger partial charge is 0.492 e. The zero-order valence-corrected chi connectivity index (χ0v) is 17.3. The molecular formula is C23H29NO5. The molecular weight excluding hydrogens is 370 g/mol. The Morgan fingerprint density at radius 3 is 2.34 bits per heavy atom. The Morgan fingerprint density at radius 2 is 1.69 bits per heavy atom. The SMILES string of the molecule is CCOc1cc(CNC(=O)[C@H]2COc3ccccc3C2)cc(OCC)c1OCC. The molecule has 1 amide bonds. The lowest BCUT2D eigenvalue weighted by Crippen LogP contribution is -2.37. The molecule has 6 heteroatoms. The fourth-order valence-electron chi connectivity index (χ4n) is 3.37. The monoisotopic (exact) mass is 399 g/mol. The van der Waals surface area contributed by atoms with Crippen LogP contribution in [0.2, 0.25) is 0 Å². The van der Waals surface area contributed by atoms with Crippen molar-refractivity contribution < 1.29 is 23.7 Å². The third kappa shape index (κ3) is 5.13. The first-order valence-corrected chi connectivity index (χ1v) is 10.2. The summed E-state index contributed by atoms with van der Waals surface area (Å²) >= 11 is 0. The molecule has 1 N–H and O–H groups in total. The lowest BCUT2D eigenvalue weighted by atomic mass is 9.96. The Morgan fingerprint density at radius 1 is 1.03 bits per heavy atom. The number of hydrogen-bond acceptors (Lipinski definition) is 5. The van der Waals surface area contributed by atoms with Crippen molar-refractivity contribution in [2.24, 2.45) is 5.92 Å². The van der Waals surface area contributed by atoms with Gasteiger partial charge in [-0.15, -0.1) is 0 Å². The Bertz CT molecular complexity index is 809. The molecule has 2 aromatic carbocycles. The van der Waals surface area contributed by atoms with Gasteiger partial charge >= 0.3 is 0 Å². The van der Waals surface area contributed by atoms with Gasteiger partial charge in [-0.3, -0.25) is 4.79 Å². The van der Waals surface area contributed by atoms with Crippen molar-refractivity contribution in [3.05, 3.63) is 47.5 Å². The predicted molar refractivity (Wildman–Crippen MR) is 111 cm³/mol. The number of benzene rings is 2. The molecule has 1 atom stereocenters. The van der Waals surface area contributed by atoms with E-state index in [9.17, 15) is 4.79 Å². The maximum Gasteiger partial charge on any atom is 0.227 e. The van der Waals surface area contributed by atoms with E-state index >= 15 is 0 Å². The summed E-state index contributed by atoms with van der Waals surface area (Å²) in [5.41, 5.74) is 1.96. The van der Waals surface area contributed by atoms with Crippen molar-refractivity contribution in [3.8, 4) is 23.0 Å². The van der Waals surface area contributed by atoms with Crippen molar-refractivity contribution in [1.29, 1.82) is 0 Å². The molecule has 0 aliphatic carbocycles. The van der Waals surface area contributed by atoms with E-state index in [1.165, 1.54) is 0 Å². The third-order valence-electron chi connectivity index (χ3n) is 4.69. The summed E-state index contributed by atoms with van der Waals surface area (Å²) in [5, 5.41) is 3.02. The summed E-state index contributed by atoms with van der Waals surface area (Å²) < 4.78 is 22.9. The first-order valence-electron chi connectivity index (χ1n) is 10.2. The number of fused-ring (bicyclic) bond motifs is 1. The zero-order chi connectivity index (χ0) is 20.6. The maximum absolute atomic E-state index is 12.7. The molecule has 0 saturated carbocycles. The molecule has 1 aliphatic rings. The smallest absolute Gasteiger partial charge is 0.227 e. The van der Waals surface area contributed by atoms with E-state index in [0.717, 1.165) is 16.9 Å². The highest BCUT2D eigenvalue weighted by Gasteiger charge is 2.25. The summed E-state index contributed by atoms with van der Waals surface area (Å²) in [4.78, 5) is 12.7. The number of amides is 1. The minimum Gasteiger partial charge on any atom is -0.492 e. The van der Waals surface area contributed by atoms with Crippen LogP contribution in [0.1, 0.15) is 31.9 Å². The van der Waals surface area contributed by atoms with Crippen LogP contribution >= 0.6 is 0 Å². The van der Waals surface area contributed by atoms with Crippen LogP contribution in [0.4, 0.5) is 0 Å². The molecule has 1 aliphatic heterocycles. The Labute approximate surface area is 172 Å². The van der Waals surface area contributed by atoms with Crippen LogP contribution in [-0.4, -0.2) is 32.3 Å². The van der Waals surface area contributed by atoms with Gasteiger partial charge in [-0.2, -0.15) is 0 Å². The van der Waals surface area contributed by atoms with Crippen LogP contribution in [0, 0.1) is 5.92 Å². The summed E-state index contributed by atoms with van der Waals surface area (Å²) in [6.45, 7) is 8.07. The summed E-state index contributed by atoms with van der Waals surface area (Å²) in [6.07, 6.45) is 0.680. The molecule has 0 unspecified atom stereocenters. The summed E-state index contributed by atoms with van der Waals surface area (Å²) in [6, 6.07) is 11.6. The van der Waals surface area contributed by atoms with Gasteiger partial charge in [-0.05, 0) is 56.5 Å². The highest BCUT2D eigenvalue weighted by molar-refractivity contribution is 5.79. The van der Waals surface area contributed by atoms with Gasteiger partial charge in [0.1, 0.15) is 12.4 Å². The van der Waals surface area contributed by atoms with Crippen molar-refractivity contribution in [3.63, 3.8) is 0 Å². The Balaban J connectivity index is 1.70. The number of carbonyl (C=O) groups is 1. The molecule has 0 fully saturated rings. The topological polar surface area (TPSA) is 66.0 Å². The standard InChI is InChI=1S/C23H29NO5/c1-4-26-20-11-16(12-21(27-5-2)22(20)28-6-3)14-24-23(25)18-13-17-9-7-8-10-19(17)29-15-18/h7-12,18H,4-6,13-15H2,1-3H3,(H,24,25)/t18-/m1/s1. The van der Waals surface area contributed by atoms with Gasteiger partial charge in [0, 0.05) is 6.54 Å². The van der Waals surface area contributed by atoms with E-state index in [1.807, 2.05) is 57.2 Å². The highest BCUT2D eigenvalue weighted by Crippen LogP contribution is 2.39. The molecule has 29 heavy (non-hydrogen) atoms. The van der Waals surface area contributed by atoms with Crippen molar-refractivity contribution in [2.75, 3.05) is 26.4 Å². The molecule has 0 aromatic heterocycles. The van der Waals surface area contributed by atoms with Crippen LogP contribution < -0.4 is 24.3 Å². The van der Waals surface area contributed by atoms with Crippen molar-refractivity contribution >= 4 is 5.91 Å². The van der Waals surface area contributed by atoms with E-state index < -0.39 is 0 Å². The number of ether oxygens (including phenoxy) is 4. The first kappa shape index (κ1) is 20.8. The zero-order valence-electron chi connectivity index (χ0n) is 17.3. The van der Waals surface area contributed by atoms with Gasteiger partial charge in [0.2, 0.25) is 11.7 Å². The van der Waals surface area contributed by atoms with Crippen LogP contribution in [-0.2, 0) is 17.8 Å². The minimum absolute atomic E-state index is 0.0238. The normalized spacial score (nSPS) is 15.1. The molecule has 3 rings (SSSR count). The number of para-hydroxylation sites is 1. The number of nitrogens with one attached hydrogen (secondary N) is 1. The molecule has 0 radical (unpaired) electrons. The lowest BCUT2D eigenvalue weighted by molar-refractivity contribution is -0.126. The number of hydrogen-bond donors (Lipinski definition) is 1. The van der Waals surface area contributed by atoms with Crippen molar-refractivity contribution in [1.82, 2.24) is 5.32 Å². The van der Waals surface area contributed by atoms with Gasteiger partial charge in [-0.25, -0.2) is 0 Å². The van der Waals surface area contributed by atoms with E-state index in [2.05, 4.69) is 5.32 Å². The van der Waals surface area contributed by atoms with Crippen LogP contribution in [0.25, 0.3) is 0 Å². The van der Waals surface area contributed by atoms with E-state index in [0.29, 0.717) is 56.6 Å². The molecule has 2 aromatic rings. The summed E-state index contributed by atoms with van der Waals surface area (Å²) in [5.74, 6) is 2.49. The van der Waals surface area contributed by atoms with Crippen molar-refractivity contribution in [2.45, 2.75) is 33.7 Å². The highest BCUT2D eigenvalue weighted by atomic mass is 16.5. The van der Waals surface area contributed by atoms with Gasteiger partial charge in [0.25, 0.3) is 0 Å². The van der Waals surface area contributed by atoms with Gasteiger partial charge in [0.05, 0.1) is 25.7 Å². The van der Waals surface area contributed by atoms with E-state index in [1.54, 1.807) is 0 Å². The molecule has 1 heterocycles. The first-order chi connectivity index (χ1) is 14.2. The number of rotatable bonds is 9. The van der Waals surface area contributed by atoms with Gasteiger partial charge < -0.3 is 24.3 Å². The fourth-order valence-corrected chi connectivity index (χ4v) is 3.37.